The van der Waals surface area contributed by atoms with Crippen molar-refractivity contribution in [2.45, 2.75) is 13.5 Å². The first-order chi connectivity index (χ1) is 11.0. The predicted octanol–water partition coefficient (Wildman–Crippen LogP) is 3.83. The summed E-state index contributed by atoms with van der Waals surface area (Å²) >= 11 is 11.2. The number of thiazole rings is 1. The second kappa shape index (κ2) is 7.30. The molecule has 1 aromatic heterocycles. The number of halogens is 2. The van der Waals surface area contributed by atoms with Crippen LogP contribution in [0.25, 0.3) is 0 Å². The van der Waals surface area contributed by atoms with Crippen LogP contribution in [-0.2, 0) is 6.54 Å². The van der Waals surface area contributed by atoms with E-state index in [9.17, 15) is 4.79 Å². The highest BCUT2D eigenvalue weighted by molar-refractivity contribution is 9.10. The first kappa shape index (κ1) is 16.9. The SMILES string of the molecule is Cc1nc(CN2CCN(C(=O)c3cc(Br)ccc3Cl)CC2)cs1. The first-order valence-corrected chi connectivity index (χ1v) is 9.45. The molecule has 1 fully saturated rings. The minimum absolute atomic E-state index is 0.000419. The lowest BCUT2D eigenvalue weighted by atomic mass is 10.2. The van der Waals surface area contributed by atoms with Gasteiger partial charge in [0.25, 0.3) is 5.91 Å². The van der Waals surface area contributed by atoms with E-state index in [1.54, 1.807) is 23.5 Å². The van der Waals surface area contributed by atoms with E-state index >= 15 is 0 Å². The number of hydrogen-bond donors (Lipinski definition) is 0. The fourth-order valence-corrected chi connectivity index (χ4v) is 3.81. The molecule has 0 spiro atoms. The van der Waals surface area contributed by atoms with Crippen molar-refractivity contribution in [3.05, 3.63) is 49.3 Å². The quantitative estimate of drug-likeness (QED) is 0.766. The third-order valence-electron chi connectivity index (χ3n) is 3.87. The van der Waals surface area contributed by atoms with Crippen molar-refractivity contribution in [1.29, 1.82) is 0 Å². The third-order valence-corrected chi connectivity index (χ3v) is 5.52. The monoisotopic (exact) mass is 413 g/mol. The van der Waals surface area contributed by atoms with Gasteiger partial charge in [-0.2, -0.15) is 0 Å². The topological polar surface area (TPSA) is 36.4 Å². The van der Waals surface area contributed by atoms with Crippen molar-refractivity contribution in [2.24, 2.45) is 0 Å². The summed E-state index contributed by atoms with van der Waals surface area (Å²) in [6, 6.07) is 5.38. The molecule has 0 bridgehead atoms. The zero-order chi connectivity index (χ0) is 16.4. The third kappa shape index (κ3) is 4.12. The van der Waals surface area contributed by atoms with Gasteiger partial charge < -0.3 is 4.90 Å². The van der Waals surface area contributed by atoms with Gasteiger partial charge in [0.2, 0.25) is 0 Å². The van der Waals surface area contributed by atoms with Crippen LogP contribution in [0.2, 0.25) is 5.02 Å². The number of nitrogens with zero attached hydrogens (tertiary/aromatic N) is 3. The molecule has 1 aliphatic rings. The molecule has 0 saturated carbocycles. The Morgan fingerprint density at radius 2 is 2.09 bits per heavy atom. The Hall–Kier alpha value is -0.950. The normalized spacial score (nSPS) is 15.9. The fourth-order valence-electron chi connectivity index (χ4n) is 2.65. The van der Waals surface area contributed by atoms with Gasteiger partial charge in [-0.3, -0.25) is 9.69 Å². The number of aryl methyl sites for hydroxylation is 1. The number of piperazine rings is 1. The van der Waals surface area contributed by atoms with Crippen LogP contribution in [0.1, 0.15) is 21.1 Å². The van der Waals surface area contributed by atoms with Crippen molar-refractivity contribution >= 4 is 44.8 Å². The van der Waals surface area contributed by atoms with Crippen LogP contribution >= 0.6 is 38.9 Å². The lowest BCUT2D eigenvalue weighted by Crippen LogP contribution is -2.48. The van der Waals surface area contributed by atoms with Crippen molar-refractivity contribution in [1.82, 2.24) is 14.8 Å². The summed E-state index contributed by atoms with van der Waals surface area (Å²) in [6.07, 6.45) is 0. The molecule has 2 aromatic rings. The smallest absolute Gasteiger partial charge is 0.255 e. The molecule has 1 saturated heterocycles. The number of amides is 1. The fraction of sp³-hybridized carbons (Fsp3) is 0.375. The number of carbonyl (C=O) groups excluding carboxylic acids is 1. The lowest BCUT2D eigenvalue weighted by Gasteiger charge is -2.34. The first-order valence-electron chi connectivity index (χ1n) is 7.40. The highest BCUT2D eigenvalue weighted by Crippen LogP contribution is 2.23. The average molecular weight is 415 g/mol. The zero-order valence-corrected chi connectivity index (χ0v) is 15.9. The maximum absolute atomic E-state index is 12.6. The van der Waals surface area contributed by atoms with Gasteiger partial charge in [-0.05, 0) is 25.1 Å². The van der Waals surface area contributed by atoms with Crippen LogP contribution in [0.4, 0.5) is 0 Å². The number of hydrogen-bond acceptors (Lipinski definition) is 4. The van der Waals surface area contributed by atoms with Crippen LogP contribution in [0, 0.1) is 6.92 Å². The van der Waals surface area contributed by atoms with Crippen molar-refractivity contribution in [2.75, 3.05) is 26.2 Å². The van der Waals surface area contributed by atoms with Crippen molar-refractivity contribution in [3.8, 4) is 0 Å². The van der Waals surface area contributed by atoms with E-state index in [0.717, 1.165) is 34.8 Å². The molecule has 1 amide bonds. The van der Waals surface area contributed by atoms with Gasteiger partial charge in [0, 0.05) is 42.6 Å². The zero-order valence-electron chi connectivity index (χ0n) is 12.8. The summed E-state index contributed by atoms with van der Waals surface area (Å²) < 4.78 is 0.864. The lowest BCUT2D eigenvalue weighted by molar-refractivity contribution is 0.0627. The predicted molar refractivity (Wildman–Crippen MR) is 97.2 cm³/mol. The van der Waals surface area contributed by atoms with E-state index in [1.165, 1.54) is 0 Å². The molecule has 4 nitrogen and oxygen atoms in total. The summed E-state index contributed by atoms with van der Waals surface area (Å²) in [6.45, 7) is 6.01. The molecule has 122 valence electrons. The minimum atomic E-state index is 0.000419. The van der Waals surface area contributed by atoms with Gasteiger partial charge >= 0.3 is 0 Å². The summed E-state index contributed by atoms with van der Waals surface area (Å²) in [4.78, 5) is 21.3. The largest absolute Gasteiger partial charge is 0.336 e. The van der Waals surface area contributed by atoms with Gasteiger partial charge in [0.05, 0.1) is 21.3 Å². The van der Waals surface area contributed by atoms with Gasteiger partial charge in [-0.1, -0.05) is 27.5 Å². The van der Waals surface area contributed by atoms with Crippen molar-refractivity contribution < 1.29 is 4.79 Å². The Morgan fingerprint density at radius 3 is 2.74 bits per heavy atom. The van der Waals surface area contributed by atoms with Crippen molar-refractivity contribution in [3.63, 3.8) is 0 Å². The average Bonchev–Trinajstić information content (AvgIpc) is 2.95. The second-order valence-corrected chi connectivity index (χ2v) is 7.94. The van der Waals surface area contributed by atoms with Crippen LogP contribution < -0.4 is 0 Å². The van der Waals surface area contributed by atoms with Gasteiger partial charge in [0.15, 0.2) is 0 Å². The molecule has 0 aliphatic carbocycles. The van der Waals surface area contributed by atoms with Gasteiger partial charge in [0.1, 0.15) is 0 Å². The molecule has 0 N–H and O–H groups in total. The molecule has 2 heterocycles. The van der Waals surface area contributed by atoms with Gasteiger partial charge in [-0.25, -0.2) is 4.98 Å². The minimum Gasteiger partial charge on any atom is -0.336 e. The van der Waals surface area contributed by atoms with Crippen LogP contribution in [-0.4, -0.2) is 46.9 Å². The number of carbonyl (C=O) groups is 1. The summed E-state index contributed by atoms with van der Waals surface area (Å²) in [5.41, 5.74) is 1.67. The summed E-state index contributed by atoms with van der Waals surface area (Å²) in [5, 5.41) is 3.70. The van der Waals surface area contributed by atoms with E-state index < -0.39 is 0 Å². The van der Waals surface area contributed by atoms with E-state index in [1.807, 2.05) is 17.9 Å². The Morgan fingerprint density at radius 1 is 1.35 bits per heavy atom. The maximum Gasteiger partial charge on any atom is 0.255 e. The highest BCUT2D eigenvalue weighted by Gasteiger charge is 2.24. The Bertz CT molecular complexity index is 713. The van der Waals surface area contributed by atoms with E-state index in [2.05, 4.69) is 31.2 Å². The van der Waals surface area contributed by atoms with E-state index in [0.29, 0.717) is 23.7 Å². The molecule has 1 aromatic carbocycles. The van der Waals surface area contributed by atoms with Crippen LogP contribution in [0.15, 0.2) is 28.1 Å². The van der Waals surface area contributed by atoms with Gasteiger partial charge in [-0.15, -0.1) is 11.3 Å². The molecule has 1 aliphatic heterocycles. The second-order valence-electron chi connectivity index (χ2n) is 5.55. The highest BCUT2D eigenvalue weighted by atomic mass is 79.9. The molecule has 3 rings (SSSR count). The number of aromatic nitrogens is 1. The number of benzene rings is 1. The molecule has 0 atom stereocenters. The molecule has 0 radical (unpaired) electrons. The Kier molecular flexibility index (Phi) is 5.36. The molecular formula is C16H17BrClN3OS. The maximum atomic E-state index is 12.6. The molecule has 0 unspecified atom stereocenters. The van der Waals surface area contributed by atoms with Crippen LogP contribution in [0.5, 0.6) is 0 Å². The number of rotatable bonds is 3. The van der Waals surface area contributed by atoms with Crippen LogP contribution in [0.3, 0.4) is 0 Å². The summed E-state index contributed by atoms with van der Waals surface area (Å²) in [5.74, 6) is 0.000419. The van der Waals surface area contributed by atoms with E-state index in [4.69, 9.17) is 11.6 Å². The van der Waals surface area contributed by atoms with E-state index in [-0.39, 0.29) is 5.91 Å². The summed E-state index contributed by atoms with van der Waals surface area (Å²) in [7, 11) is 0. The molecular weight excluding hydrogens is 398 g/mol. The molecule has 7 heteroatoms. The Balaban J connectivity index is 1.60. The standard InChI is InChI=1S/C16H17BrClN3OS/c1-11-19-13(10-23-11)9-20-4-6-21(7-5-20)16(22)14-8-12(17)2-3-15(14)18/h2-3,8,10H,4-7,9H2,1H3. The molecule has 23 heavy (non-hydrogen) atoms. The Labute approximate surface area is 153 Å².